The van der Waals surface area contributed by atoms with E-state index in [9.17, 15) is 9.59 Å². The first-order valence-corrected chi connectivity index (χ1v) is 5.81. The number of hydrogen-bond acceptors (Lipinski definition) is 4. The van der Waals surface area contributed by atoms with Crippen LogP contribution in [-0.2, 0) is 9.59 Å². The Morgan fingerprint density at radius 3 is 2.24 bits per heavy atom. The first-order chi connectivity index (χ1) is 8.00. The molecule has 0 amide bonds. The van der Waals surface area contributed by atoms with Crippen LogP contribution in [0.4, 0.5) is 0 Å². The van der Waals surface area contributed by atoms with Crippen molar-refractivity contribution in [2.75, 3.05) is 0 Å². The van der Waals surface area contributed by atoms with Crippen LogP contribution < -0.4 is 5.73 Å². The highest BCUT2D eigenvalue weighted by atomic mass is 32.2. The summed E-state index contributed by atoms with van der Waals surface area (Å²) in [7, 11) is 0. The summed E-state index contributed by atoms with van der Waals surface area (Å²) in [5.41, 5.74) is 5.33. The minimum Gasteiger partial charge on any atom is -0.480 e. The van der Waals surface area contributed by atoms with E-state index < -0.39 is 23.2 Å². The fourth-order valence-corrected chi connectivity index (χ4v) is 2.24. The molecule has 0 saturated carbocycles. The Bertz CT molecular complexity index is 396. The molecule has 17 heavy (non-hydrogen) atoms. The molecule has 0 aliphatic carbocycles. The predicted octanol–water partition coefficient (Wildman–Crippen LogP) is 1.03. The highest BCUT2D eigenvalue weighted by Gasteiger charge is 2.25. The molecule has 0 fully saturated rings. The Hall–Kier alpha value is -1.53. The highest BCUT2D eigenvalue weighted by molar-refractivity contribution is 8.00. The molecule has 0 spiro atoms. The van der Waals surface area contributed by atoms with Crippen molar-refractivity contribution < 1.29 is 19.8 Å². The molecule has 4 N–H and O–H groups in total. The van der Waals surface area contributed by atoms with Gasteiger partial charge in [0.1, 0.15) is 11.3 Å². The van der Waals surface area contributed by atoms with Gasteiger partial charge in [-0.15, -0.1) is 11.8 Å². The minimum absolute atomic E-state index is 0.107. The summed E-state index contributed by atoms with van der Waals surface area (Å²) in [6.07, 6.45) is -0.107. The lowest BCUT2D eigenvalue weighted by molar-refractivity contribution is -0.139. The third kappa shape index (κ3) is 4.46. The number of hydrogen-bond donors (Lipinski definition) is 3. The quantitative estimate of drug-likeness (QED) is 0.656. The second kappa shape index (κ2) is 6.27. The summed E-state index contributed by atoms with van der Waals surface area (Å²) in [6, 6.07) is 7.78. The van der Waals surface area contributed by atoms with Crippen LogP contribution in [0.2, 0.25) is 0 Å². The standard InChI is InChI=1S/C11H13NO4S/c12-8(10(13)14)6-9(11(15)16)17-7-4-2-1-3-5-7/h1-5,8-9H,6,12H2,(H,13,14)(H,15,16)/t8-,9?/m0/s1. The Morgan fingerprint density at radius 2 is 1.76 bits per heavy atom. The van der Waals surface area contributed by atoms with Crippen molar-refractivity contribution in [2.24, 2.45) is 5.73 Å². The average molecular weight is 255 g/mol. The summed E-state index contributed by atoms with van der Waals surface area (Å²) in [5.74, 6) is -2.25. The van der Waals surface area contributed by atoms with Crippen LogP contribution >= 0.6 is 11.8 Å². The van der Waals surface area contributed by atoms with Gasteiger partial charge in [0.25, 0.3) is 0 Å². The van der Waals surface area contributed by atoms with Crippen molar-refractivity contribution in [1.82, 2.24) is 0 Å². The molecular weight excluding hydrogens is 242 g/mol. The molecule has 0 heterocycles. The molecule has 1 aromatic carbocycles. The summed E-state index contributed by atoms with van der Waals surface area (Å²) in [6.45, 7) is 0. The fraction of sp³-hybridized carbons (Fsp3) is 0.273. The Balaban J connectivity index is 2.67. The van der Waals surface area contributed by atoms with Gasteiger partial charge in [0, 0.05) is 4.90 Å². The van der Waals surface area contributed by atoms with E-state index >= 15 is 0 Å². The smallest absolute Gasteiger partial charge is 0.320 e. The largest absolute Gasteiger partial charge is 0.480 e. The highest BCUT2D eigenvalue weighted by Crippen LogP contribution is 2.26. The van der Waals surface area contributed by atoms with Gasteiger partial charge in [-0.2, -0.15) is 0 Å². The lowest BCUT2D eigenvalue weighted by atomic mass is 10.2. The van der Waals surface area contributed by atoms with Crippen molar-refractivity contribution in [3.63, 3.8) is 0 Å². The van der Waals surface area contributed by atoms with Gasteiger partial charge in [0.15, 0.2) is 0 Å². The number of carboxylic acids is 2. The topological polar surface area (TPSA) is 101 Å². The van der Waals surface area contributed by atoms with E-state index in [-0.39, 0.29) is 6.42 Å². The monoisotopic (exact) mass is 255 g/mol. The lowest BCUT2D eigenvalue weighted by Gasteiger charge is -2.14. The number of rotatable bonds is 6. The zero-order valence-electron chi connectivity index (χ0n) is 8.95. The number of carbonyl (C=O) groups is 2. The lowest BCUT2D eigenvalue weighted by Crippen LogP contribution is -2.35. The van der Waals surface area contributed by atoms with Crippen LogP contribution in [0.5, 0.6) is 0 Å². The van der Waals surface area contributed by atoms with Crippen molar-refractivity contribution in [3.05, 3.63) is 30.3 Å². The summed E-state index contributed by atoms with van der Waals surface area (Å²) >= 11 is 1.10. The number of carboxylic acid groups (broad SMARTS) is 2. The van der Waals surface area contributed by atoms with E-state index in [1.165, 1.54) is 0 Å². The van der Waals surface area contributed by atoms with Crippen LogP contribution in [0.1, 0.15) is 6.42 Å². The van der Waals surface area contributed by atoms with Gasteiger partial charge in [-0.25, -0.2) is 0 Å². The molecule has 1 aromatic rings. The third-order valence-electron chi connectivity index (χ3n) is 2.08. The number of aliphatic carboxylic acids is 2. The maximum absolute atomic E-state index is 11.0. The molecule has 0 aliphatic heterocycles. The summed E-state index contributed by atoms with van der Waals surface area (Å²) in [5, 5.41) is 16.8. The zero-order chi connectivity index (χ0) is 12.8. The van der Waals surface area contributed by atoms with E-state index in [0.717, 1.165) is 16.7 Å². The van der Waals surface area contributed by atoms with Gasteiger partial charge in [0.2, 0.25) is 0 Å². The molecule has 2 atom stereocenters. The predicted molar refractivity (Wildman–Crippen MR) is 64.0 cm³/mol. The molecule has 0 aliphatic rings. The number of benzene rings is 1. The number of nitrogens with two attached hydrogens (primary N) is 1. The van der Waals surface area contributed by atoms with Gasteiger partial charge < -0.3 is 15.9 Å². The first kappa shape index (κ1) is 13.5. The van der Waals surface area contributed by atoms with E-state index in [2.05, 4.69) is 0 Å². The van der Waals surface area contributed by atoms with Crippen molar-refractivity contribution in [2.45, 2.75) is 22.6 Å². The van der Waals surface area contributed by atoms with Crippen LogP contribution in [0.15, 0.2) is 35.2 Å². The molecule has 1 unspecified atom stereocenters. The van der Waals surface area contributed by atoms with Gasteiger partial charge in [-0.05, 0) is 18.6 Å². The maximum Gasteiger partial charge on any atom is 0.320 e. The van der Waals surface area contributed by atoms with Gasteiger partial charge in [-0.1, -0.05) is 18.2 Å². The van der Waals surface area contributed by atoms with Crippen molar-refractivity contribution in [3.8, 4) is 0 Å². The summed E-state index contributed by atoms with van der Waals surface area (Å²) < 4.78 is 0. The van der Waals surface area contributed by atoms with Crippen molar-refractivity contribution >= 4 is 23.7 Å². The van der Waals surface area contributed by atoms with Gasteiger partial charge >= 0.3 is 11.9 Å². The van der Waals surface area contributed by atoms with Crippen molar-refractivity contribution in [1.29, 1.82) is 0 Å². The molecule has 92 valence electrons. The van der Waals surface area contributed by atoms with Crippen LogP contribution in [0.3, 0.4) is 0 Å². The second-order valence-electron chi connectivity index (χ2n) is 3.44. The van der Waals surface area contributed by atoms with Crippen LogP contribution in [0.25, 0.3) is 0 Å². The molecule has 0 aromatic heterocycles. The number of thioether (sulfide) groups is 1. The van der Waals surface area contributed by atoms with E-state index in [4.69, 9.17) is 15.9 Å². The first-order valence-electron chi connectivity index (χ1n) is 4.93. The Morgan fingerprint density at radius 1 is 1.18 bits per heavy atom. The molecule has 0 radical (unpaired) electrons. The Labute approximate surface area is 103 Å². The normalized spacial score (nSPS) is 13.9. The molecule has 1 rings (SSSR count). The second-order valence-corrected chi connectivity index (χ2v) is 4.71. The molecular formula is C11H13NO4S. The minimum atomic E-state index is -1.19. The van der Waals surface area contributed by atoms with E-state index in [1.54, 1.807) is 24.3 Å². The average Bonchev–Trinajstić information content (AvgIpc) is 2.29. The van der Waals surface area contributed by atoms with E-state index in [0.29, 0.717) is 0 Å². The molecule has 6 heteroatoms. The molecule has 0 bridgehead atoms. The molecule has 0 saturated heterocycles. The maximum atomic E-state index is 11.0. The van der Waals surface area contributed by atoms with Crippen LogP contribution in [-0.4, -0.2) is 33.4 Å². The third-order valence-corrected chi connectivity index (χ3v) is 3.31. The van der Waals surface area contributed by atoms with E-state index in [1.807, 2.05) is 6.07 Å². The van der Waals surface area contributed by atoms with Crippen LogP contribution in [0, 0.1) is 0 Å². The zero-order valence-corrected chi connectivity index (χ0v) is 9.76. The van der Waals surface area contributed by atoms with Gasteiger partial charge in [-0.3, -0.25) is 9.59 Å². The van der Waals surface area contributed by atoms with Gasteiger partial charge in [0.05, 0.1) is 0 Å². The fourth-order valence-electron chi connectivity index (χ4n) is 1.19. The SMILES string of the molecule is N[C@@H](CC(Sc1ccccc1)C(=O)O)C(=O)O. The Kier molecular flexibility index (Phi) is 4.99. The summed E-state index contributed by atoms with van der Waals surface area (Å²) in [4.78, 5) is 22.4. The molecule has 5 nitrogen and oxygen atoms in total.